The number of amides is 1. The third-order valence-electron chi connectivity index (χ3n) is 5.45. The van der Waals surface area contributed by atoms with Gasteiger partial charge in [0.2, 0.25) is 0 Å². The average Bonchev–Trinajstić information content (AvgIpc) is 2.71. The van der Waals surface area contributed by atoms with Crippen LogP contribution in [0.3, 0.4) is 0 Å². The standard InChI is InChI=1S/C23H26ClNO4/c1-14-3-10-19(11-4-14)29-21-12-9-18(24)13-20(21)22(26)25-15(2)16-5-7-17(8-6-16)23(27)28/h5-9,12-15,19H,3-4,10-11H2,1-2H3,(H,25,26)(H,27,28)/t14-,15-,19-/m0/s1. The van der Waals surface area contributed by atoms with Gasteiger partial charge in [-0.3, -0.25) is 4.79 Å². The van der Waals surface area contributed by atoms with Crippen molar-refractivity contribution in [2.24, 2.45) is 5.92 Å². The third-order valence-corrected chi connectivity index (χ3v) is 5.68. The Kier molecular flexibility index (Phi) is 6.80. The van der Waals surface area contributed by atoms with E-state index in [1.54, 1.807) is 30.3 Å². The Hall–Kier alpha value is -2.53. The molecule has 3 rings (SSSR count). The van der Waals surface area contributed by atoms with E-state index in [0.717, 1.165) is 37.2 Å². The lowest BCUT2D eigenvalue weighted by atomic mass is 9.89. The Morgan fingerprint density at radius 1 is 1.10 bits per heavy atom. The van der Waals surface area contributed by atoms with Gasteiger partial charge >= 0.3 is 5.97 Å². The van der Waals surface area contributed by atoms with Crippen LogP contribution in [-0.4, -0.2) is 23.1 Å². The quantitative estimate of drug-likeness (QED) is 0.654. The molecule has 0 radical (unpaired) electrons. The number of benzene rings is 2. The van der Waals surface area contributed by atoms with Crippen molar-refractivity contribution in [2.75, 3.05) is 0 Å². The molecule has 2 N–H and O–H groups in total. The maximum atomic E-state index is 12.9. The number of carboxylic acid groups (broad SMARTS) is 1. The highest BCUT2D eigenvalue weighted by Gasteiger charge is 2.23. The minimum Gasteiger partial charge on any atom is -0.490 e. The van der Waals surface area contributed by atoms with Crippen LogP contribution in [0, 0.1) is 5.92 Å². The maximum absolute atomic E-state index is 12.9. The van der Waals surface area contributed by atoms with Crippen molar-refractivity contribution >= 4 is 23.5 Å². The fourth-order valence-electron chi connectivity index (χ4n) is 3.58. The van der Waals surface area contributed by atoms with E-state index in [9.17, 15) is 9.59 Å². The van der Waals surface area contributed by atoms with Crippen molar-refractivity contribution in [3.05, 3.63) is 64.2 Å². The molecule has 0 aliphatic heterocycles. The highest BCUT2D eigenvalue weighted by molar-refractivity contribution is 6.31. The number of nitrogens with one attached hydrogen (secondary N) is 1. The van der Waals surface area contributed by atoms with Crippen molar-refractivity contribution in [2.45, 2.75) is 51.7 Å². The first-order valence-electron chi connectivity index (χ1n) is 9.94. The number of ether oxygens (including phenoxy) is 1. The van der Waals surface area contributed by atoms with Crippen molar-refractivity contribution in [1.82, 2.24) is 5.32 Å². The summed E-state index contributed by atoms with van der Waals surface area (Å²) < 4.78 is 6.16. The van der Waals surface area contributed by atoms with Gasteiger partial charge in [0, 0.05) is 5.02 Å². The molecule has 1 atom stereocenters. The first kappa shape index (κ1) is 21.2. The molecule has 0 spiro atoms. The van der Waals surface area contributed by atoms with Gasteiger partial charge in [-0.25, -0.2) is 4.79 Å². The highest BCUT2D eigenvalue weighted by atomic mass is 35.5. The Labute approximate surface area is 176 Å². The third kappa shape index (κ3) is 5.51. The lowest BCUT2D eigenvalue weighted by Crippen LogP contribution is -2.28. The first-order chi connectivity index (χ1) is 13.8. The predicted octanol–water partition coefficient (Wildman–Crippen LogP) is 5.49. The second-order valence-corrected chi connectivity index (χ2v) is 8.20. The second-order valence-electron chi connectivity index (χ2n) is 7.76. The summed E-state index contributed by atoms with van der Waals surface area (Å²) in [6.45, 7) is 4.10. The zero-order chi connectivity index (χ0) is 21.0. The normalized spacial score (nSPS) is 20.0. The van der Waals surface area contributed by atoms with Gasteiger partial charge in [-0.05, 0) is 74.4 Å². The second kappa shape index (κ2) is 9.31. The summed E-state index contributed by atoms with van der Waals surface area (Å²) in [6.07, 6.45) is 4.33. The van der Waals surface area contributed by atoms with Crippen LogP contribution < -0.4 is 10.1 Å². The maximum Gasteiger partial charge on any atom is 0.335 e. The minimum absolute atomic E-state index is 0.111. The fraction of sp³-hybridized carbons (Fsp3) is 0.391. The molecule has 0 unspecified atom stereocenters. The van der Waals surface area contributed by atoms with Crippen molar-refractivity contribution in [1.29, 1.82) is 0 Å². The molecule has 2 aromatic rings. The van der Waals surface area contributed by atoms with E-state index in [4.69, 9.17) is 21.4 Å². The van der Waals surface area contributed by atoms with Gasteiger partial charge in [0.15, 0.2) is 0 Å². The summed E-state index contributed by atoms with van der Waals surface area (Å²) in [6, 6.07) is 11.3. The molecule has 0 heterocycles. The lowest BCUT2D eigenvalue weighted by molar-refractivity contribution is 0.0696. The molecule has 5 nitrogen and oxygen atoms in total. The summed E-state index contributed by atoms with van der Waals surface area (Å²) in [5.41, 5.74) is 1.43. The summed E-state index contributed by atoms with van der Waals surface area (Å²) >= 11 is 6.13. The molecule has 0 aromatic heterocycles. The Balaban J connectivity index is 1.72. The minimum atomic E-state index is -0.980. The van der Waals surface area contributed by atoms with E-state index in [1.165, 1.54) is 12.1 Å². The van der Waals surface area contributed by atoms with Crippen LogP contribution in [0.25, 0.3) is 0 Å². The number of halogens is 1. The number of hydrogen-bond donors (Lipinski definition) is 2. The van der Waals surface area contributed by atoms with Crippen molar-refractivity contribution in [3.63, 3.8) is 0 Å². The Morgan fingerprint density at radius 2 is 1.76 bits per heavy atom. The van der Waals surface area contributed by atoms with Crippen molar-refractivity contribution in [3.8, 4) is 5.75 Å². The molecule has 1 amide bonds. The molecule has 1 aliphatic rings. The van der Waals surface area contributed by atoms with E-state index in [2.05, 4.69) is 12.2 Å². The molecular formula is C23H26ClNO4. The molecule has 0 bridgehead atoms. The van der Waals surface area contributed by atoms with Crippen LogP contribution in [0.5, 0.6) is 5.75 Å². The first-order valence-corrected chi connectivity index (χ1v) is 10.3. The largest absolute Gasteiger partial charge is 0.490 e. The zero-order valence-electron chi connectivity index (χ0n) is 16.7. The number of carbonyl (C=O) groups excluding carboxylic acids is 1. The van der Waals surface area contributed by atoms with Crippen LogP contribution >= 0.6 is 11.6 Å². The van der Waals surface area contributed by atoms with E-state index in [0.29, 0.717) is 16.3 Å². The highest BCUT2D eigenvalue weighted by Crippen LogP contribution is 2.30. The number of carboxylic acids is 1. The molecule has 2 aromatic carbocycles. The zero-order valence-corrected chi connectivity index (χ0v) is 17.4. The van der Waals surface area contributed by atoms with Gasteiger partial charge in [0.25, 0.3) is 5.91 Å². The summed E-state index contributed by atoms with van der Waals surface area (Å²) in [4.78, 5) is 23.9. The summed E-state index contributed by atoms with van der Waals surface area (Å²) in [5.74, 6) is 0.00336. The molecule has 1 saturated carbocycles. The molecular weight excluding hydrogens is 390 g/mol. The summed E-state index contributed by atoms with van der Waals surface area (Å²) in [5, 5.41) is 12.4. The van der Waals surface area contributed by atoms with Crippen LogP contribution in [0.4, 0.5) is 0 Å². The molecule has 1 aliphatic carbocycles. The van der Waals surface area contributed by atoms with Crippen LogP contribution in [0.2, 0.25) is 5.02 Å². The topological polar surface area (TPSA) is 75.6 Å². The molecule has 29 heavy (non-hydrogen) atoms. The smallest absolute Gasteiger partial charge is 0.335 e. The summed E-state index contributed by atoms with van der Waals surface area (Å²) in [7, 11) is 0. The number of hydrogen-bond acceptors (Lipinski definition) is 3. The van der Waals surface area contributed by atoms with Gasteiger partial charge in [0.05, 0.1) is 23.3 Å². The van der Waals surface area contributed by atoms with Crippen LogP contribution in [0.15, 0.2) is 42.5 Å². The molecule has 1 fully saturated rings. The lowest BCUT2D eigenvalue weighted by Gasteiger charge is -2.27. The Bertz CT molecular complexity index is 873. The Morgan fingerprint density at radius 3 is 2.38 bits per heavy atom. The monoisotopic (exact) mass is 415 g/mol. The van der Waals surface area contributed by atoms with Crippen LogP contribution in [0.1, 0.15) is 71.9 Å². The van der Waals surface area contributed by atoms with E-state index in [-0.39, 0.29) is 23.6 Å². The van der Waals surface area contributed by atoms with E-state index < -0.39 is 5.97 Å². The molecule has 6 heteroatoms. The van der Waals surface area contributed by atoms with Gasteiger partial charge in [0.1, 0.15) is 5.75 Å². The van der Waals surface area contributed by atoms with Gasteiger partial charge in [-0.15, -0.1) is 0 Å². The van der Waals surface area contributed by atoms with Crippen molar-refractivity contribution < 1.29 is 19.4 Å². The number of carbonyl (C=O) groups is 2. The molecule has 154 valence electrons. The van der Waals surface area contributed by atoms with E-state index >= 15 is 0 Å². The van der Waals surface area contributed by atoms with Gasteiger partial charge in [-0.2, -0.15) is 0 Å². The van der Waals surface area contributed by atoms with E-state index in [1.807, 2.05) is 6.92 Å². The fourth-order valence-corrected chi connectivity index (χ4v) is 3.75. The SMILES string of the molecule is C[C@H](NC(=O)c1cc(Cl)ccc1O[C@H]1CC[C@H](C)CC1)c1ccc(C(=O)O)cc1. The van der Waals surface area contributed by atoms with Crippen LogP contribution in [-0.2, 0) is 0 Å². The molecule has 0 saturated heterocycles. The number of rotatable bonds is 6. The average molecular weight is 416 g/mol. The number of aromatic carboxylic acids is 1. The van der Waals surface area contributed by atoms with Gasteiger partial charge < -0.3 is 15.2 Å². The predicted molar refractivity (Wildman–Crippen MR) is 113 cm³/mol. The van der Waals surface area contributed by atoms with Gasteiger partial charge in [-0.1, -0.05) is 30.7 Å².